The first-order valence-electron chi connectivity index (χ1n) is 4.15. The Labute approximate surface area is 89.5 Å². The lowest BCUT2D eigenvalue weighted by atomic mass is 10.2. The molecular weight excluding hydrogens is 247 g/mol. The van der Waals surface area contributed by atoms with Crippen LogP contribution in [-0.2, 0) is 0 Å². The van der Waals surface area contributed by atoms with Gasteiger partial charge in [-0.1, -0.05) is 18.2 Å². The molecule has 72 valence electrons. The third-order valence-corrected chi connectivity index (χ3v) is 2.39. The van der Waals surface area contributed by atoms with Crippen molar-refractivity contribution in [3.05, 3.63) is 46.7 Å². The largest absolute Gasteiger partial charge is 0.294 e. The first kappa shape index (κ1) is 9.40. The van der Waals surface area contributed by atoms with Gasteiger partial charge in [0, 0.05) is 6.20 Å². The van der Waals surface area contributed by atoms with Crippen LogP contribution in [0.15, 0.2) is 35.1 Å². The molecule has 0 atom stereocenters. The zero-order chi connectivity index (χ0) is 10.1. The monoisotopic (exact) mass is 254 g/mol. The second-order valence-corrected chi connectivity index (χ2v) is 3.80. The summed E-state index contributed by atoms with van der Waals surface area (Å²) in [6.07, 6.45) is 1.10. The molecule has 2 aromatic rings. The van der Waals surface area contributed by atoms with Crippen LogP contribution in [0.3, 0.4) is 0 Å². The summed E-state index contributed by atoms with van der Waals surface area (Å²) in [7, 11) is 0. The third-order valence-electron chi connectivity index (χ3n) is 2.01. The second kappa shape index (κ2) is 3.53. The van der Waals surface area contributed by atoms with Crippen molar-refractivity contribution in [3.8, 4) is 5.69 Å². The number of rotatable bonds is 1. The number of hydrogen-bond acceptors (Lipinski definition) is 1. The quantitative estimate of drug-likeness (QED) is 0.765. The third kappa shape index (κ3) is 1.57. The fraction of sp³-hybridized carbons (Fsp3) is 0.100. The van der Waals surface area contributed by atoms with Crippen LogP contribution in [0.5, 0.6) is 0 Å². The molecule has 0 N–H and O–H groups in total. The van der Waals surface area contributed by atoms with Gasteiger partial charge in [-0.15, -0.1) is 0 Å². The van der Waals surface area contributed by atoms with Crippen molar-refractivity contribution in [2.75, 3.05) is 0 Å². The lowest BCUT2D eigenvalue weighted by Gasteiger charge is -2.05. The van der Waals surface area contributed by atoms with E-state index in [-0.39, 0.29) is 0 Å². The minimum atomic E-state index is -0.508. The van der Waals surface area contributed by atoms with Gasteiger partial charge in [0.05, 0.1) is 5.69 Å². The summed E-state index contributed by atoms with van der Waals surface area (Å²) in [5.74, 6) is 0. The van der Waals surface area contributed by atoms with Gasteiger partial charge in [0.15, 0.2) is 0 Å². The van der Waals surface area contributed by atoms with Gasteiger partial charge in [-0.05, 0) is 34.5 Å². The summed E-state index contributed by atoms with van der Waals surface area (Å²) in [5, 5.41) is 0. The van der Waals surface area contributed by atoms with E-state index in [4.69, 9.17) is 0 Å². The summed E-state index contributed by atoms with van der Waals surface area (Å²) in [6, 6.07) is 7.58. The Morgan fingerprint density at radius 2 is 2.07 bits per heavy atom. The molecule has 0 aliphatic heterocycles. The average molecular weight is 255 g/mol. The summed E-state index contributed by atoms with van der Waals surface area (Å²) < 4.78 is 15.2. The standard InChI is InChI=1S/C10H8BrFN2/c1-7-4-2-3-5-8(7)14-6-9(11)13-10(14)12/h2-6H,1H3. The van der Waals surface area contributed by atoms with Crippen LogP contribution in [-0.4, -0.2) is 9.55 Å². The molecule has 1 heterocycles. The maximum absolute atomic E-state index is 13.3. The van der Waals surface area contributed by atoms with Crippen LogP contribution in [0.25, 0.3) is 5.69 Å². The van der Waals surface area contributed by atoms with Gasteiger partial charge in [0.2, 0.25) is 0 Å². The Balaban J connectivity index is 2.60. The molecule has 0 bridgehead atoms. The molecular formula is C10H8BrFN2. The van der Waals surface area contributed by atoms with Gasteiger partial charge >= 0.3 is 0 Å². The maximum atomic E-state index is 13.3. The number of halogens is 2. The van der Waals surface area contributed by atoms with E-state index >= 15 is 0 Å². The van der Waals surface area contributed by atoms with Crippen LogP contribution in [0.4, 0.5) is 4.39 Å². The summed E-state index contributed by atoms with van der Waals surface area (Å²) in [5.41, 5.74) is 1.82. The van der Waals surface area contributed by atoms with Crippen LogP contribution in [0.1, 0.15) is 5.56 Å². The van der Waals surface area contributed by atoms with Gasteiger partial charge in [-0.25, -0.2) is 0 Å². The minimum Gasteiger partial charge on any atom is -0.275 e. The van der Waals surface area contributed by atoms with Crippen molar-refractivity contribution < 1.29 is 4.39 Å². The molecule has 1 aromatic heterocycles. The van der Waals surface area contributed by atoms with Crippen LogP contribution in [0, 0.1) is 13.0 Å². The summed E-state index contributed by atoms with van der Waals surface area (Å²) >= 11 is 3.13. The van der Waals surface area contributed by atoms with Crippen LogP contribution in [0.2, 0.25) is 0 Å². The SMILES string of the molecule is Cc1ccccc1-n1cc(Br)nc1F. The zero-order valence-electron chi connectivity index (χ0n) is 7.54. The Morgan fingerprint density at radius 1 is 1.36 bits per heavy atom. The molecule has 14 heavy (non-hydrogen) atoms. The summed E-state index contributed by atoms with van der Waals surface area (Å²) in [4.78, 5) is 3.64. The fourth-order valence-corrected chi connectivity index (χ4v) is 1.68. The van der Waals surface area contributed by atoms with E-state index in [0.717, 1.165) is 11.3 Å². The number of hydrogen-bond donors (Lipinski definition) is 0. The molecule has 0 saturated carbocycles. The topological polar surface area (TPSA) is 17.8 Å². The Kier molecular flexibility index (Phi) is 2.37. The number of imidazole rings is 1. The molecule has 0 radical (unpaired) electrons. The van der Waals surface area contributed by atoms with Gasteiger partial charge < -0.3 is 0 Å². The van der Waals surface area contributed by atoms with E-state index in [1.807, 2.05) is 31.2 Å². The van der Waals surface area contributed by atoms with E-state index in [1.165, 1.54) is 4.57 Å². The molecule has 4 heteroatoms. The van der Waals surface area contributed by atoms with E-state index < -0.39 is 6.08 Å². The molecule has 0 spiro atoms. The van der Waals surface area contributed by atoms with Crippen molar-refractivity contribution in [2.45, 2.75) is 6.92 Å². The molecule has 0 aliphatic rings. The van der Waals surface area contributed by atoms with E-state index in [9.17, 15) is 4.39 Å². The zero-order valence-corrected chi connectivity index (χ0v) is 9.12. The number of nitrogens with zero attached hydrogens (tertiary/aromatic N) is 2. The smallest absolute Gasteiger partial charge is 0.275 e. The predicted octanol–water partition coefficient (Wildman–Crippen LogP) is 3.08. The van der Waals surface area contributed by atoms with Crippen LogP contribution < -0.4 is 0 Å². The Hall–Kier alpha value is -1.16. The molecule has 0 saturated heterocycles. The van der Waals surface area contributed by atoms with E-state index in [0.29, 0.717) is 4.60 Å². The first-order valence-corrected chi connectivity index (χ1v) is 4.94. The van der Waals surface area contributed by atoms with Crippen molar-refractivity contribution in [3.63, 3.8) is 0 Å². The first-order chi connectivity index (χ1) is 6.68. The summed E-state index contributed by atoms with van der Waals surface area (Å²) in [6.45, 7) is 1.93. The number of para-hydroxylation sites is 1. The molecule has 0 fully saturated rings. The maximum Gasteiger partial charge on any atom is 0.294 e. The Bertz CT molecular complexity index is 465. The normalized spacial score (nSPS) is 10.5. The van der Waals surface area contributed by atoms with Gasteiger partial charge in [0.1, 0.15) is 4.60 Å². The molecule has 2 nitrogen and oxygen atoms in total. The highest BCUT2D eigenvalue weighted by molar-refractivity contribution is 9.10. The molecule has 2 rings (SSSR count). The molecule has 0 unspecified atom stereocenters. The van der Waals surface area contributed by atoms with Crippen molar-refractivity contribution >= 4 is 15.9 Å². The van der Waals surface area contributed by atoms with Crippen molar-refractivity contribution in [2.24, 2.45) is 0 Å². The van der Waals surface area contributed by atoms with Crippen molar-refractivity contribution in [1.82, 2.24) is 9.55 Å². The highest BCUT2D eigenvalue weighted by Crippen LogP contribution is 2.18. The second-order valence-electron chi connectivity index (χ2n) is 2.99. The average Bonchev–Trinajstić information content (AvgIpc) is 2.46. The highest BCUT2D eigenvalue weighted by Gasteiger charge is 2.08. The number of aromatic nitrogens is 2. The molecule has 0 aliphatic carbocycles. The number of benzene rings is 1. The van der Waals surface area contributed by atoms with Gasteiger partial charge in [-0.2, -0.15) is 9.37 Å². The lowest BCUT2D eigenvalue weighted by Crippen LogP contribution is -1.98. The van der Waals surface area contributed by atoms with Crippen LogP contribution >= 0.6 is 15.9 Å². The number of aryl methyl sites for hydroxylation is 1. The molecule has 0 amide bonds. The predicted molar refractivity (Wildman–Crippen MR) is 56.0 cm³/mol. The highest BCUT2D eigenvalue weighted by atomic mass is 79.9. The Morgan fingerprint density at radius 3 is 2.64 bits per heavy atom. The van der Waals surface area contributed by atoms with Gasteiger partial charge in [0.25, 0.3) is 6.08 Å². The van der Waals surface area contributed by atoms with E-state index in [2.05, 4.69) is 20.9 Å². The van der Waals surface area contributed by atoms with Crippen molar-refractivity contribution in [1.29, 1.82) is 0 Å². The minimum absolute atomic E-state index is 0.498. The van der Waals surface area contributed by atoms with E-state index in [1.54, 1.807) is 6.20 Å². The lowest BCUT2D eigenvalue weighted by molar-refractivity contribution is 0.522. The molecule has 1 aromatic carbocycles. The fourth-order valence-electron chi connectivity index (χ4n) is 1.33. The van der Waals surface area contributed by atoms with Gasteiger partial charge in [-0.3, -0.25) is 4.57 Å².